The second-order valence-corrected chi connectivity index (χ2v) is 3.74. The predicted octanol–water partition coefficient (Wildman–Crippen LogP) is 3.23. The molecule has 0 radical (unpaired) electrons. The molecule has 3 heteroatoms. The van der Waals surface area contributed by atoms with Gasteiger partial charge in [0.15, 0.2) is 0 Å². The summed E-state index contributed by atoms with van der Waals surface area (Å²) >= 11 is 0. The van der Waals surface area contributed by atoms with Gasteiger partial charge in [-0.3, -0.25) is 4.79 Å². The second-order valence-electron chi connectivity index (χ2n) is 3.74. The first-order valence-electron chi connectivity index (χ1n) is 4.84. The number of rotatable bonds is 7. The van der Waals surface area contributed by atoms with E-state index in [0.29, 0.717) is 6.42 Å². The standard InChI is InChI=1S/C10H20O2.H3N/c1-9(2)7-5-3-4-6-8-10(11)12;/h9H,3-8H2,1-2H3,(H,11,12);1H3. The summed E-state index contributed by atoms with van der Waals surface area (Å²) in [5, 5.41) is 8.36. The number of hydrogen-bond acceptors (Lipinski definition) is 2. The van der Waals surface area contributed by atoms with E-state index in [2.05, 4.69) is 13.8 Å². The van der Waals surface area contributed by atoms with Gasteiger partial charge in [0.2, 0.25) is 0 Å². The Morgan fingerprint density at radius 2 is 1.69 bits per heavy atom. The van der Waals surface area contributed by atoms with Crippen LogP contribution in [0.25, 0.3) is 0 Å². The molecule has 0 spiro atoms. The van der Waals surface area contributed by atoms with E-state index in [1.807, 2.05) is 0 Å². The van der Waals surface area contributed by atoms with Gasteiger partial charge in [0.05, 0.1) is 0 Å². The van der Waals surface area contributed by atoms with Gasteiger partial charge in [0.1, 0.15) is 0 Å². The third kappa shape index (κ3) is 14.3. The van der Waals surface area contributed by atoms with E-state index in [1.165, 1.54) is 19.3 Å². The molecule has 13 heavy (non-hydrogen) atoms. The molecule has 0 atom stereocenters. The van der Waals surface area contributed by atoms with Crippen LogP contribution in [0.5, 0.6) is 0 Å². The van der Waals surface area contributed by atoms with Crippen molar-refractivity contribution in [3.05, 3.63) is 0 Å². The molecule has 0 aliphatic carbocycles. The smallest absolute Gasteiger partial charge is 0.303 e. The summed E-state index contributed by atoms with van der Waals surface area (Å²) in [6, 6.07) is 0. The highest BCUT2D eigenvalue weighted by molar-refractivity contribution is 5.66. The topological polar surface area (TPSA) is 72.3 Å². The first kappa shape index (κ1) is 14.9. The fourth-order valence-corrected chi connectivity index (χ4v) is 1.18. The zero-order valence-electron chi connectivity index (χ0n) is 8.88. The Morgan fingerprint density at radius 3 is 2.15 bits per heavy atom. The largest absolute Gasteiger partial charge is 0.481 e. The Kier molecular flexibility index (Phi) is 10.9. The van der Waals surface area contributed by atoms with Crippen molar-refractivity contribution in [2.75, 3.05) is 0 Å². The summed E-state index contributed by atoms with van der Waals surface area (Å²) in [7, 11) is 0. The predicted molar refractivity (Wildman–Crippen MR) is 55.2 cm³/mol. The number of hydrogen-bond donors (Lipinski definition) is 2. The van der Waals surface area contributed by atoms with Gasteiger partial charge in [-0.25, -0.2) is 0 Å². The van der Waals surface area contributed by atoms with Crippen LogP contribution in [0.15, 0.2) is 0 Å². The number of carboxylic acid groups (broad SMARTS) is 1. The number of carbonyl (C=O) groups is 1. The lowest BCUT2D eigenvalue weighted by atomic mass is 10.0. The van der Waals surface area contributed by atoms with Crippen molar-refractivity contribution in [1.29, 1.82) is 0 Å². The Balaban J connectivity index is 0. The van der Waals surface area contributed by atoms with Gasteiger partial charge in [0, 0.05) is 6.42 Å². The first-order chi connectivity index (χ1) is 5.63. The molecule has 0 saturated heterocycles. The lowest BCUT2D eigenvalue weighted by Gasteiger charge is -2.02. The highest BCUT2D eigenvalue weighted by atomic mass is 16.4. The number of unbranched alkanes of at least 4 members (excludes halogenated alkanes) is 3. The van der Waals surface area contributed by atoms with Crippen LogP contribution in [0.1, 0.15) is 52.4 Å². The van der Waals surface area contributed by atoms with Crippen LogP contribution in [0.2, 0.25) is 0 Å². The number of aliphatic carboxylic acids is 1. The van der Waals surface area contributed by atoms with E-state index in [9.17, 15) is 4.79 Å². The molecule has 0 bridgehead atoms. The average molecular weight is 189 g/mol. The van der Waals surface area contributed by atoms with Crippen molar-refractivity contribution < 1.29 is 9.90 Å². The Morgan fingerprint density at radius 1 is 1.15 bits per heavy atom. The molecule has 0 heterocycles. The van der Waals surface area contributed by atoms with Crippen molar-refractivity contribution in [2.24, 2.45) is 5.92 Å². The van der Waals surface area contributed by atoms with E-state index >= 15 is 0 Å². The third-order valence-corrected chi connectivity index (χ3v) is 1.92. The van der Waals surface area contributed by atoms with Crippen LogP contribution < -0.4 is 6.15 Å². The first-order valence-corrected chi connectivity index (χ1v) is 4.84. The lowest BCUT2D eigenvalue weighted by molar-refractivity contribution is -0.137. The highest BCUT2D eigenvalue weighted by Crippen LogP contribution is 2.10. The number of carboxylic acids is 1. The molecule has 0 saturated carbocycles. The summed E-state index contributed by atoms with van der Waals surface area (Å²) in [4.78, 5) is 10.1. The van der Waals surface area contributed by atoms with Crippen LogP contribution in [-0.4, -0.2) is 11.1 Å². The average Bonchev–Trinajstić information content (AvgIpc) is 1.95. The lowest BCUT2D eigenvalue weighted by Crippen LogP contribution is -1.94. The zero-order valence-corrected chi connectivity index (χ0v) is 8.88. The molecule has 0 amide bonds. The van der Waals surface area contributed by atoms with Crippen LogP contribution in [0.3, 0.4) is 0 Å². The zero-order chi connectivity index (χ0) is 9.40. The molecule has 0 aromatic heterocycles. The van der Waals surface area contributed by atoms with Gasteiger partial charge in [-0.05, 0) is 12.3 Å². The fourth-order valence-electron chi connectivity index (χ4n) is 1.18. The fraction of sp³-hybridized carbons (Fsp3) is 0.900. The molecule has 3 nitrogen and oxygen atoms in total. The Labute approximate surface area is 81.1 Å². The summed E-state index contributed by atoms with van der Waals surface area (Å²) in [6.45, 7) is 4.44. The monoisotopic (exact) mass is 189 g/mol. The highest BCUT2D eigenvalue weighted by Gasteiger charge is 1.97. The molecule has 80 valence electrons. The molecule has 0 aliphatic heterocycles. The van der Waals surface area contributed by atoms with Gasteiger partial charge in [0.25, 0.3) is 0 Å². The quantitative estimate of drug-likeness (QED) is 0.604. The van der Waals surface area contributed by atoms with E-state index in [4.69, 9.17) is 5.11 Å². The minimum atomic E-state index is -0.668. The van der Waals surface area contributed by atoms with Crippen molar-refractivity contribution in [3.8, 4) is 0 Å². The van der Waals surface area contributed by atoms with Gasteiger partial charge in [-0.15, -0.1) is 0 Å². The third-order valence-electron chi connectivity index (χ3n) is 1.92. The molecule has 0 rings (SSSR count). The van der Waals surface area contributed by atoms with E-state index in [0.717, 1.165) is 18.8 Å². The normalized spacial score (nSPS) is 9.77. The molecule has 0 aromatic carbocycles. The Hall–Kier alpha value is -0.570. The van der Waals surface area contributed by atoms with Gasteiger partial charge < -0.3 is 11.3 Å². The molecule has 0 aliphatic rings. The van der Waals surface area contributed by atoms with Crippen LogP contribution >= 0.6 is 0 Å². The molecular formula is C10H23NO2. The van der Waals surface area contributed by atoms with E-state index in [1.54, 1.807) is 0 Å². The molecule has 0 unspecified atom stereocenters. The van der Waals surface area contributed by atoms with Gasteiger partial charge in [-0.1, -0.05) is 39.5 Å². The van der Waals surface area contributed by atoms with Crippen molar-refractivity contribution in [3.63, 3.8) is 0 Å². The minimum absolute atomic E-state index is 0. The second kappa shape index (κ2) is 9.52. The minimum Gasteiger partial charge on any atom is -0.481 e. The van der Waals surface area contributed by atoms with Crippen molar-refractivity contribution in [2.45, 2.75) is 52.4 Å². The van der Waals surface area contributed by atoms with Crippen molar-refractivity contribution in [1.82, 2.24) is 6.15 Å². The van der Waals surface area contributed by atoms with Gasteiger partial charge >= 0.3 is 5.97 Å². The molecule has 0 fully saturated rings. The summed E-state index contributed by atoms with van der Waals surface area (Å²) in [5.41, 5.74) is 0. The van der Waals surface area contributed by atoms with E-state index < -0.39 is 5.97 Å². The molecule has 0 aromatic rings. The maximum absolute atomic E-state index is 10.1. The SMILES string of the molecule is CC(C)CCCCCCC(=O)O.N. The van der Waals surface area contributed by atoms with Crippen LogP contribution in [0.4, 0.5) is 0 Å². The maximum Gasteiger partial charge on any atom is 0.303 e. The summed E-state index contributed by atoms with van der Waals surface area (Å²) < 4.78 is 0. The van der Waals surface area contributed by atoms with Crippen LogP contribution in [-0.2, 0) is 4.79 Å². The van der Waals surface area contributed by atoms with Crippen molar-refractivity contribution >= 4 is 5.97 Å². The van der Waals surface area contributed by atoms with E-state index in [-0.39, 0.29) is 6.15 Å². The Bertz CT molecular complexity index is 124. The maximum atomic E-state index is 10.1. The molecular weight excluding hydrogens is 166 g/mol. The van der Waals surface area contributed by atoms with Gasteiger partial charge in [-0.2, -0.15) is 0 Å². The van der Waals surface area contributed by atoms with Crippen LogP contribution in [0, 0.1) is 5.92 Å². The summed E-state index contributed by atoms with van der Waals surface area (Å²) in [5.74, 6) is 0.114. The molecule has 4 N–H and O–H groups in total. The summed E-state index contributed by atoms with van der Waals surface area (Å²) in [6.07, 6.45) is 5.95.